The summed E-state index contributed by atoms with van der Waals surface area (Å²) in [7, 11) is 5.03. The van der Waals surface area contributed by atoms with Crippen LogP contribution in [0, 0.1) is 187 Å². The van der Waals surface area contributed by atoms with E-state index in [0.717, 1.165) is 72.5 Å². The van der Waals surface area contributed by atoms with E-state index in [1.807, 2.05) is 113 Å². The molecule has 0 radical (unpaired) electrons. The smallest absolute Gasteiger partial charge is 0.123 e. The van der Waals surface area contributed by atoms with Gasteiger partial charge in [0.05, 0.1) is 34.5 Å². The van der Waals surface area contributed by atoms with Gasteiger partial charge in [-0.2, -0.15) is 0 Å². The SMILES string of the molecule is CCCCOc1cccc(Sc2cccc(OCCCC)c2)c1.COc1cc(OC)cc(Sc2cc(C)cc(C)c2)c1.COc1cccc(Sc2c(C)cc(C)cc2C)c1.Cc1cc(C)c(Sc2c(C)cc(C)c(Br)c2C)c(C)c1.Cc1cc(C)cc(Sc2cc(C)cc(C)c2)c1.Cc1ccc(C)c(Sc2cc(C)ccc2C)c1.Cc1ccc(C)c(Sc2cccc(C)c2C)c1.Cc1cccc(C)c1Sc1c(C)cccc1C. The Morgan fingerprint density at radius 1 is 0.189 bits per heavy atom. The molecule has 0 spiro atoms. The number of rotatable bonds is 27. The molecule has 0 heterocycles. The molecule has 16 aromatic carbocycles. The Morgan fingerprint density at radius 2 is 0.473 bits per heavy atom. The van der Waals surface area contributed by atoms with Gasteiger partial charge in [-0.25, -0.2) is 0 Å². The summed E-state index contributed by atoms with van der Waals surface area (Å²) in [5, 5.41) is 0. The van der Waals surface area contributed by atoms with Crippen LogP contribution >= 0.6 is 110 Å². The van der Waals surface area contributed by atoms with Gasteiger partial charge in [0.25, 0.3) is 0 Å². The van der Waals surface area contributed by atoms with Crippen molar-refractivity contribution in [2.24, 2.45) is 0 Å². The molecule has 0 bridgehead atoms. The van der Waals surface area contributed by atoms with Crippen LogP contribution < -0.4 is 23.7 Å². The normalized spacial score (nSPS) is 10.6. The molecule has 0 atom stereocenters. The van der Waals surface area contributed by atoms with Crippen LogP contribution in [0.5, 0.6) is 28.7 Å². The van der Waals surface area contributed by atoms with Crippen molar-refractivity contribution in [3.63, 3.8) is 0 Å². The van der Waals surface area contributed by atoms with E-state index in [1.54, 1.807) is 56.6 Å². The third kappa shape index (κ3) is 39.9. The van der Waals surface area contributed by atoms with Gasteiger partial charge in [0.2, 0.25) is 0 Å². The van der Waals surface area contributed by atoms with Gasteiger partial charge in [-0.15, -0.1) is 0 Å². The minimum Gasteiger partial charge on any atom is -0.497 e. The number of aryl methyl sites for hydroxylation is 25. The first-order valence-corrected chi connectivity index (χ1v) is 58.2. The topological polar surface area (TPSA) is 46.2 Å². The number of halogens is 1. The van der Waals surface area contributed by atoms with E-state index in [9.17, 15) is 0 Å². The number of unbranched alkanes of at least 4 members (excludes halogenated alkanes) is 2. The van der Waals surface area contributed by atoms with Gasteiger partial charge in [0.15, 0.2) is 0 Å². The fraction of sp³-hybridized carbons (Fsp3) is 0.284. The fourth-order valence-electron chi connectivity index (χ4n) is 16.5. The molecule has 0 aromatic heterocycles. The first kappa shape index (κ1) is 121. The predicted molar refractivity (Wildman–Crippen MR) is 652 cm³/mol. The monoisotopic (exact) mass is 2180 g/mol. The van der Waals surface area contributed by atoms with Gasteiger partial charge in [0.1, 0.15) is 28.7 Å². The van der Waals surface area contributed by atoms with Crippen LogP contribution in [-0.4, -0.2) is 34.5 Å². The van der Waals surface area contributed by atoms with E-state index < -0.39 is 0 Å². The Labute approximate surface area is 933 Å². The average Bonchev–Trinajstić information content (AvgIpc) is 0.785. The highest BCUT2D eigenvalue weighted by atomic mass is 79.9. The molecule has 148 heavy (non-hydrogen) atoms. The first-order chi connectivity index (χ1) is 70.6. The Balaban J connectivity index is 0.000000188. The van der Waals surface area contributed by atoms with Crippen molar-refractivity contribution in [3.05, 3.63) is 440 Å². The van der Waals surface area contributed by atoms with Crippen LogP contribution in [0.25, 0.3) is 0 Å². The summed E-state index contributed by atoms with van der Waals surface area (Å²) in [5.74, 6) is 4.41. The molecule has 0 fully saturated rings. The van der Waals surface area contributed by atoms with Crippen molar-refractivity contribution in [1.29, 1.82) is 0 Å². The molecule has 16 aromatic rings. The first-order valence-electron chi connectivity index (χ1n) is 50.9. The van der Waals surface area contributed by atoms with E-state index in [-0.39, 0.29) is 0 Å². The third-order valence-corrected chi connectivity index (χ3v) is 35.7. The van der Waals surface area contributed by atoms with Crippen LogP contribution in [0.15, 0.2) is 368 Å². The van der Waals surface area contributed by atoms with Gasteiger partial charge in [0, 0.05) is 88.9 Å². The molecular weight excluding hydrogens is 2030 g/mol. The van der Waals surface area contributed by atoms with Crippen LogP contribution in [0.3, 0.4) is 0 Å². The maximum atomic E-state index is 5.78. The van der Waals surface area contributed by atoms with E-state index >= 15 is 0 Å². The number of ether oxygens (including phenoxy) is 5. The molecule has 0 aliphatic rings. The second-order valence-electron chi connectivity index (χ2n) is 38.5. The van der Waals surface area contributed by atoms with Crippen LogP contribution in [-0.2, 0) is 0 Å². The molecule has 14 heteroatoms. The predicted octanol–water partition coefficient (Wildman–Crippen LogP) is 42.2. The maximum absolute atomic E-state index is 5.78. The van der Waals surface area contributed by atoms with Gasteiger partial charge < -0.3 is 23.7 Å². The molecule has 0 aliphatic heterocycles. The molecule has 0 saturated carbocycles. The number of hydrogen-bond acceptors (Lipinski definition) is 13. The average molecular weight is 2180 g/mol. The summed E-state index contributed by atoms with van der Waals surface area (Å²) in [6.45, 7) is 64.4. The summed E-state index contributed by atoms with van der Waals surface area (Å²) < 4.78 is 28.6. The highest BCUT2D eigenvalue weighted by Gasteiger charge is 2.18. The summed E-state index contributed by atoms with van der Waals surface area (Å²) >= 11 is 18.3. The van der Waals surface area contributed by atoms with Gasteiger partial charge in [-0.1, -0.05) is 300 Å². The van der Waals surface area contributed by atoms with E-state index in [2.05, 4.69) is 447 Å². The van der Waals surface area contributed by atoms with Crippen LogP contribution in [0.4, 0.5) is 0 Å². The molecule has 0 unspecified atom stereocenters. The molecule has 5 nitrogen and oxygen atoms in total. The molecule has 0 saturated heterocycles. The van der Waals surface area contributed by atoms with Gasteiger partial charge >= 0.3 is 0 Å². The van der Waals surface area contributed by atoms with E-state index in [0.29, 0.717) is 0 Å². The second-order valence-corrected chi connectivity index (χ2v) is 48.1. The standard InChI is InChI=1S/C20H26O2S.C18H21BrS.C16H18O2S.C16H18OS.4C16H18S/c1-3-5-13-21-17-9-7-11-19(15-17)23-20-12-8-10-18(16-20)22-14-6-4-2;1-10-7-12(3)17(13(4)8-10)20-18-14(5)9-11(2)16(19)15(18)6;1-11-5-12(2)7-15(6-11)19-16-9-13(17-3)8-14(10-16)18-4;1-11-8-12(2)16(13(3)9-11)18-15-7-5-6-14(10-15)17-4;1-11-5-12(2)8-15(7-11)17-16-9-13(3)6-14(4)10-16;1-11-5-7-13(3)15(9-11)17-16-10-12(2)6-8-14(16)4;1-11-7-5-8-12(2)15(11)17-16-13(3)9-6-10-14(16)4;1-11-8-9-13(3)16(10-11)17-15-7-5-6-12(2)14(15)4/h7-12,15-16H,3-6,13-14H2,1-2H3;7-9H,1-6H3;5-10H,1-4H3;5-10H,1-4H3;4*5-10H,1-4H3. The molecule has 16 rings (SSSR count). The summed E-state index contributed by atoms with van der Waals surface area (Å²) in [4.78, 5) is 20.9. The highest BCUT2D eigenvalue weighted by molar-refractivity contribution is 9.10. The quantitative estimate of drug-likeness (QED) is 0.0460. The summed E-state index contributed by atoms with van der Waals surface area (Å²) in [5.41, 5.74) is 36.1. The Bertz CT molecular complexity index is 6640. The molecule has 0 amide bonds. The minimum atomic E-state index is 0.783. The zero-order valence-corrected chi connectivity index (χ0v) is 102. The van der Waals surface area contributed by atoms with Crippen molar-refractivity contribution in [1.82, 2.24) is 0 Å². The molecule has 776 valence electrons. The van der Waals surface area contributed by atoms with Crippen molar-refractivity contribution in [2.75, 3.05) is 34.5 Å². The fourth-order valence-corrected chi connectivity index (χ4v) is 25.9. The lowest BCUT2D eigenvalue weighted by Gasteiger charge is -2.16. The molecule has 0 N–H and O–H groups in total. The summed E-state index contributed by atoms with van der Waals surface area (Å²) in [6, 6.07) is 101. The van der Waals surface area contributed by atoms with E-state index in [1.165, 1.54) is 228 Å². The lowest BCUT2D eigenvalue weighted by atomic mass is 10.1. The number of hydrogen-bond donors (Lipinski definition) is 0. The van der Waals surface area contributed by atoms with E-state index in [4.69, 9.17) is 23.7 Å². The van der Waals surface area contributed by atoms with Crippen molar-refractivity contribution >= 4 is 110 Å². The van der Waals surface area contributed by atoms with Crippen LogP contribution in [0.2, 0.25) is 0 Å². The highest BCUT2D eigenvalue weighted by Crippen LogP contribution is 2.45. The molecule has 0 aliphatic carbocycles. The van der Waals surface area contributed by atoms with Gasteiger partial charge in [-0.05, 0) is 466 Å². The van der Waals surface area contributed by atoms with Crippen molar-refractivity contribution < 1.29 is 23.7 Å². The minimum absolute atomic E-state index is 0.783. The lowest BCUT2D eigenvalue weighted by molar-refractivity contribution is 0.308. The Hall–Kier alpha value is -10.2. The zero-order chi connectivity index (χ0) is 108. The van der Waals surface area contributed by atoms with Crippen molar-refractivity contribution in [2.45, 2.75) is 305 Å². The zero-order valence-electron chi connectivity index (χ0n) is 93.6. The second kappa shape index (κ2) is 61.3. The number of benzene rings is 16. The van der Waals surface area contributed by atoms with Gasteiger partial charge in [-0.3, -0.25) is 0 Å². The largest absolute Gasteiger partial charge is 0.497 e. The molecular formula is C134H155BrO5S8. The van der Waals surface area contributed by atoms with Crippen LogP contribution in [0.1, 0.15) is 190 Å². The summed E-state index contributed by atoms with van der Waals surface area (Å²) in [6.07, 6.45) is 4.49. The number of methoxy groups -OCH3 is 3. The Kier molecular flexibility index (Phi) is 50.3. The third-order valence-electron chi connectivity index (χ3n) is 24.3. The Morgan fingerprint density at radius 3 is 0.845 bits per heavy atom. The lowest BCUT2D eigenvalue weighted by Crippen LogP contribution is -1.96. The van der Waals surface area contributed by atoms with Crippen molar-refractivity contribution in [3.8, 4) is 28.7 Å². The maximum Gasteiger partial charge on any atom is 0.123 e.